The van der Waals surface area contributed by atoms with E-state index in [1.807, 2.05) is 0 Å². The van der Waals surface area contributed by atoms with Crippen molar-refractivity contribution in [1.82, 2.24) is 5.32 Å². The second-order valence-electron chi connectivity index (χ2n) is 6.16. The lowest BCUT2D eigenvalue weighted by Crippen LogP contribution is -2.39. The molecular weight excluding hydrogens is 198 g/mol. The molecule has 1 N–H and O–H groups in total. The molecule has 1 rings (SSSR count). The Labute approximate surface area is 101 Å². The summed E-state index contributed by atoms with van der Waals surface area (Å²) in [5.41, 5.74) is 0.239. The van der Waals surface area contributed by atoms with Crippen LogP contribution in [0.15, 0.2) is 0 Å². The van der Waals surface area contributed by atoms with E-state index < -0.39 is 0 Å². The van der Waals surface area contributed by atoms with Gasteiger partial charge in [0.05, 0.1) is 6.10 Å². The summed E-state index contributed by atoms with van der Waals surface area (Å²) in [6.07, 6.45) is 6.92. The van der Waals surface area contributed by atoms with E-state index in [0.29, 0.717) is 6.10 Å². The summed E-state index contributed by atoms with van der Waals surface area (Å²) >= 11 is 0. The summed E-state index contributed by atoms with van der Waals surface area (Å²) < 4.78 is 5.73. The third-order valence-corrected chi connectivity index (χ3v) is 3.24. The van der Waals surface area contributed by atoms with Gasteiger partial charge < -0.3 is 10.1 Å². The van der Waals surface area contributed by atoms with Crippen LogP contribution in [0.4, 0.5) is 0 Å². The van der Waals surface area contributed by atoms with Crippen molar-refractivity contribution in [2.24, 2.45) is 5.92 Å². The molecule has 0 aliphatic carbocycles. The van der Waals surface area contributed by atoms with Crippen LogP contribution in [0.2, 0.25) is 0 Å². The Balaban J connectivity index is 2.28. The lowest BCUT2D eigenvalue weighted by atomic mass is 9.94. The maximum atomic E-state index is 5.73. The summed E-state index contributed by atoms with van der Waals surface area (Å²) in [6, 6.07) is 0. The normalized spacial score (nSPS) is 23.6. The van der Waals surface area contributed by atoms with E-state index in [0.717, 1.165) is 19.1 Å². The molecule has 96 valence electrons. The molecular formula is C14H29NO. The highest BCUT2D eigenvalue weighted by atomic mass is 16.5. The molecule has 0 radical (unpaired) electrons. The predicted molar refractivity (Wildman–Crippen MR) is 69.7 cm³/mol. The Kier molecular flexibility index (Phi) is 5.77. The van der Waals surface area contributed by atoms with Crippen LogP contribution in [-0.4, -0.2) is 24.8 Å². The van der Waals surface area contributed by atoms with Crippen molar-refractivity contribution >= 4 is 0 Å². The van der Waals surface area contributed by atoms with Crippen molar-refractivity contribution in [3.05, 3.63) is 0 Å². The molecule has 2 atom stereocenters. The first kappa shape index (κ1) is 14.0. The topological polar surface area (TPSA) is 21.3 Å². The molecule has 1 aliphatic heterocycles. The smallest absolute Gasteiger partial charge is 0.0579 e. The van der Waals surface area contributed by atoms with Crippen LogP contribution in [0, 0.1) is 5.92 Å². The molecule has 0 amide bonds. The van der Waals surface area contributed by atoms with Crippen LogP contribution in [0.3, 0.4) is 0 Å². The van der Waals surface area contributed by atoms with Crippen LogP contribution < -0.4 is 5.32 Å². The minimum absolute atomic E-state index is 0.239. The van der Waals surface area contributed by atoms with Gasteiger partial charge in [0.15, 0.2) is 0 Å². The molecule has 0 aromatic carbocycles. The van der Waals surface area contributed by atoms with Gasteiger partial charge in [0.1, 0.15) is 0 Å². The molecule has 0 bridgehead atoms. The van der Waals surface area contributed by atoms with Crippen molar-refractivity contribution in [3.63, 3.8) is 0 Å². The fraction of sp³-hybridized carbons (Fsp3) is 1.00. The van der Waals surface area contributed by atoms with E-state index in [2.05, 4.69) is 33.0 Å². The molecule has 0 spiro atoms. The molecule has 2 nitrogen and oxygen atoms in total. The summed E-state index contributed by atoms with van der Waals surface area (Å²) in [4.78, 5) is 0. The Bertz CT molecular complexity index is 180. The van der Waals surface area contributed by atoms with E-state index in [9.17, 15) is 0 Å². The van der Waals surface area contributed by atoms with Crippen molar-refractivity contribution in [2.45, 2.75) is 71.4 Å². The van der Waals surface area contributed by atoms with Crippen molar-refractivity contribution in [2.75, 3.05) is 13.2 Å². The second-order valence-corrected chi connectivity index (χ2v) is 6.16. The van der Waals surface area contributed by atoms with Gasteiger partial charge in [-0.05, 0) is 58.9 Å². The van der Waals surface area contributed by atoms with E-state index in [4.69, 9.17) is 4.74 Å². The standard InChI is InChI=1S/C14H29NO/c1-5-7-12(11-15-14(2,3)4)10-13-8-6-9-16-13/h12-13,15H,5-11H2,1-4H3. The molecule has 2 heteroatoms. The Morgan fingerprint density at radius 3 is 2.62 bits per heavy atom. The first-order chi connectivity index (χ1) is 7.51. The summed E-state index contributed by atoms with van der Waals surface area (Å²) in [7, 11) is 0. The van der Waals surface area contributed by atoms with Crippen molar-refractivity contribution in [1.29, 1.82) is 0 Å². The highest BCUT2D eigenvalue weighted by Crippen LogP contribution is 2.22. The highest BCUT2D eigenvalue weighted by molar-refractivity contribution is 4.76. The van der Waals surface area contributed by atoms with Gasteiger partial charge in [0.2, 0.25) is 0 Å². The SMILES string of the molecule is CCCC(CNC(C)(C)C)CC1CCCO1. The van der Waals surface area contributed by atoms with Crippen LogP contribution in [0.25, 0.3) is 0 Å². The maximum absolute atomic E-state index is 5.73. The van der Waals surface area contributed by atoms with Crippen LogP contribution in [0.1, 0.15) is 59.8 Å². The van der Waals surface area contributed by atoms with Crippen LogP contribution >= 0.6 is 0 Å². The zero-order chi connectivity index (χ0) is 12.0. The highest BCUT2D eigenvalue weighted by Gasteiger charge is 2.21. The number of hydrogen-bond acceptors (Lipinski definition) is 2. The third-order valence-electron chi connectivity index (χ3n) is 3.24. The summed E-state index contributed by atoms with van der Waals surface area (Å²) in [5, 5.41) is 3.63. The average Bonchev–Trinajstić information content (AvgIpc) is 2.66. The van der Waals surface area contributed by atoms with Crippen molar-refractivity contribution < 1.29 is 4.74 Å². The van der Waals surface area contributed by atoms with Gasteiger partial charge in [-0.15, -0.1) is 0 Å². The maximum Gasteiger partial charge on any atom is 0.0579 e. The van der Waals surface area contributed by atoms with E-state index in [-0.39, 0.29) is 5.54 Å². The van der Waals surface area contributed by atoms with Gasteiger partial charge in [-0.2, -0.15) is 0 Å². The van der Waals surface area contributed by atoms with Gasteiger partial charge in [-0.1, -0.05) is 13.3 Å². The first-order valence-electron chi connectivity index (χ1n) is 6.88. The molecule has 0 aromatic rings. The van der Waals surface area contributed by atoms with Gasteiger partial charge >= 0.3 is 0 Å². The minimum atomic E-state index is 0.239. The Hall–Kier alpha value is -0.0800. The fourth-order valence-corrected chi connectivity index (χ4v) is 2.36. The lowest BCUT2D eigenvalue weighted by Gasteiger charge is -2.26. The molecule has 1 saturated heterocycles. The zero-order valence-corrected chi connectivity index (χ0v) is 11.5. The number of rotatable bonds is 6. The molecule has 0 saturated carbocycles. The third kappa shape index (κ3) is 5.86. The minimum Gasteiger partial charge on any atom is -0.378 e. The van der Waals surface area contributed by atoms with Crippen LogP contribution in [0.5, 0.6) is 0 Å². The molecule has 1 heterocycles. The van der Waals surface area contributed by atoms with E-state index in [1.54, 1.807) is 0 Å². The van der Waals surface area contributed by atoms with Crippen molar-refractivity contribution in [3.8, 4) is 0 Å². The lowest BCUT2D eigenvalue weighted by molar-refractivity contribution is 0.0867. The average molecular weight is 227 g/mol. The molecule has 16 heavy (non-hydrogen) atoms. The first-order valence-corrected chi connectivity index (χ1v) is 6.88. The molecule has 2 unspecified atom stereocenters. The summed E-state index contributed by atoms with van der Waals surface area (Å²) in [5.74, 6) is 0.785. The van der Waals surface area contributed by atoms with Gasteiger partial charge in [0, 0.05) is 12.1 Å². The predicted octanol–water partition coefficient (Wildman–Crippen LogP) is 3.36. The second kappa shape index (κ2) is 6.61. The zero-order valence-electron chi connectivity index (χ0n) is 11.5. The largest absolute Gasteiger partial charge is 0.378 e. The molecule has 1 aliphatic rings. The van der Waals surface area contributed by atoms with Crippen LogP contribution in [-0.2, 0) is 4.74 Å². The molecule has 1 fully saturated rings. The van der Waals surface area contributed by atoms with E-state index >= 15 is 0 Å². The number of nitrogens with one attached hydrogen (secondary N) is 1. The number of ether oxygens (including phenoxy) is 1. The fourth-order valence-electron chi connectivity index (χ4n) is 2.36. The van der Waals surface area contributed by atoms with Gasteiger partial charge in [0.25, 0.3) is 0 Å². The molecule has 0 aromatic heterocycles. The summed E-state index contributed by atoms with van der Waals surface area (Å²) in [6.45, 7) is 11.1. The Morgan fingerprint density at radius 1 is 1.38 bits per heavy atom. The quantitative estimate of drug-likeness (QED) is 0.751. The van der Waals surface area contributed by atoms with Gasteiger partial charge in [-0.25, -0.2) is 0 Å². The Morgan fingerprint density at radius 2 is 2.12 bits per heavy atom. The van der Waals surface area contributed by atoms with E-state index in [1.165, 1.54) is 32.1 Å². The number of hydrogen-bond donors (Lipinski definition) is 1. The van der Waals surface area contributed by atoms with Gasteiger partial charge in [-0.3, -0.25) is 0 Å². The monoisotopic (exact) mass is 227 g/mol.